The minimum absolute atomic E-state index is 0. The van der Waals surface area contributed by atoms with Crippen molar-refractivity contribution in [1.29, 1.82) is 0 Å². The molecule has 1 unspecified atom stereocenters. The Labute approximate surface area is 206 Å². The van der Waals surface area contributed by atoms with E-state index in [-0.39, 0.29) is 24.3 Å². The predicted molar refractivity (Wildman–Crippen MR) is 134 cm³/mol. The zero-order valence-corrected chi connectivity index (χ0v) is 21.1. The van der Waals surface area contributed by atoms with Crippen LogP contribution in [-0.2, 0) is 0 Å². The van der Waals surface area contributed by atoms with Crippen LogP contribution in [0.25, 0.3) is 5.69 Å². The molecular formula is C25H31Cl2FN4O. The summed E-state index contributed by atoms with van der Waals surface area (Å²) in [7, 11) is 1.61. The second kappa shape index (κ2) is 10.7. The molecule has 4 rings (SSSR count). The molecule has 2 aromatic carbocycles. The van der Waals surface area contributed by atoms with Crippen molar-refractivity contribution in [2.75, 3.05) is 18.6 Å². The van der Waals surface area contributed by atoms with E-state index in [1.54, 1.807) is 30.8 Å². The van der Waals surface area contributed by atoms with E-state index in [9.17, 15) is 4.39 Å². The van der Waals surface area contributed by atoms with Gasteiger partial charge in [0.25, 0.3) is 0 Å². The van der Waals surface area contributed by atoms with Gasteiger partial charge in [-0.25, -0.2) is 9.07 Å². The summed E-state index contributed by atoms with van der Waals surface area (Å²) in [5.74, 6) is 2.58. The summed E-state index contributed by atoms with van der Waals surface area (Å²) in [6.45, 7) is 6.64. The van der Waals surface area contributed by atoms with Crippen LogP contribution in [0.4, 0.5) is 10.3 Å². The Morgan fingerprint density at radius 1 is 1.21 bits per heavy atom. The van der Waals surface area contributed by atoms with Crippen molar-refractivity contribution >= 4 is 30.0 Å². The lowest BCUT2D eigenvalue weighted by molar-refractivity contribution is 0.414. The Bertz CT molecular complexity index is 1100. The molecule has 1 aliphatic carbocycles. The van der Waals surface area contributed by atoms with Crippen LogP contribution in [0.15, 0.2) is 36.4 Å². The summed E-state index contributed by atoms with van der Waals surface area (Å²) in [5.41, 5.74) is 2.39. The summed E-state index contributed by atoms with van der Waals surface area (Å²) in [6.07, 6.45) is 4.37. The van der Waals surface area contributed by atoms with Crippen LogP contribution in [0.3, 0.4) is 0 Å². The first kappa shape index (κ1) is 25.3. The molecule has 1 saturated carbocycles. The average Bonchev–Trinajstić information content (AvgIpc) is 3.52. The number of ether oxygens (including phenoxy) is 1. The monoisotopic (exact) mass is 492 g/mol. The number of benzene rings is 2. The largest absolute Gasteiger partial charge is 0.497 e. The van der Waals surface area contributed by atoms with Crippen molar-refractivity contribution in [1.82, 2.24) is 14.8 Å². The summed E-state index contributed by atoms with van der Waals surface area (Å²) in [6, 6.07) is 11.1. The van der Waals surface area contributed by atoms with E-state index >= 15 is 0 Å². The quantitative estimate of drug-likeness (QED) is 0.327. The molecule has 1 heterocycles. The van der Waals surface area contributed by atoms with Gasteiger partial charge in [0.15, 0.2) is 0 Å². The molecule has 0 spiro atoms. The normalized spacial score (nSPS) is 14.0. The molecule has 8 heteroatoms. The van der Waals surface area contributed by atoms with Crippen molar-refractivity contribution < 1.29 is 9.13 Å². The third-order valence-corrected chi connectivity index (χ3v) is 6.38. The molecule has 0 amide bonds. The first-order valence-corrected chi connectivity index (χ1v) is 11.6. The number of anilines is 1. The van der Waals surface area contributed by atoms with Gasteiger partial charge in [0, 0.05) is 12.6 Å². The van der Waals surface area contributed by atoms with Crippen molar-refractivity contribution in [3.63, 3.8) is 0 Å². The molecule has 0 bridgehead atoms. The number of hydrogen-bond donors (Lipinski definition) is 0. The molecular weight excluding hydrogens is 462 g/mol. The fraction of sp³-hybridized carbons (Fsp3) is 0.440. The Morgan fingerprint density at radius 2 is 1.97 bits per heavy atom. The number of aryl methyl sites for hydroxylation is 2. The Morgan fingerprint density at radius 3 is 2.58 bits per heavy atom. The molecule has 1 atom stereocenters. The van der Waals surface area contributed by atoms with E-state index in [2.05, 4.69) is 11.8 Å². The molecule has 3 aromatic rings. The molecule has 1 aliphatic rings. The van der Waals surface area contributed by atoms with Gasteiger partial charge in [-0.05, 0) is 61.9 Å². The third-order valence-electron chi connectivity index (χ3n) is 6.07. The first-order chi connectivity index (χ1) is 15.4. The van der Waals surface area contributed by atoms with Gasteiger partial charge in [-0.1, -0.05) is 43.5 Å². The smallest absolute Gasteiger partial charge is 0.245 e. The van der Waals surface area contributed by atoms with Crippen LogP contribution in [-0.4, -0.2) is 28.4 Å². The zero-order chi connectivity index (χ0) is 22.8. The molecule has 0 aliphatic heterocycles. The van der Waals surface area contributed by atoms with Gasteiger partial charge >= 0.3 is 0 Å². The predicted octanol–water partition coefficient (Wildman–Crippen LogP) is 6.86. The van der Waals surface area contributed by atoms with Crippen LogP contribution in [0.5, 0.6) is 5.75 Å². The fourth-order valence-corrected chi connectivity index (χ4v) is 4.33. The average molecular weight is 493 g/mol. The van der Waals surface area contributed by atoms with E-state index in [1.807, 2.05) is 31.2 Å². The van der Waals surface area contributed by atoms with Gasteiger partial charge in [-0.15, -0.1) is 17.5 Å². The molecule has 0 saturated heterocycles. The molecule has 0 N–H and O–H groups in total. The van der Waals surface area contributed by atoms with Crippen LogP contribution in [0.2, 0.25) is 5.02 Å². The highest BCUT2D eigenvalue weighted by atomic mass is 35.5. The highest BCUT2D eigenvalue weighted by molar-refractivity contribution is 6.32. The van der Waals surface area contributed by atoms with Crippen molar-refractivity contribution in [2.45, 2.75) is 52.5 Å². The lowest BCUT2D eigenvalue weighted by Gasteiger charge is -2.31. The molecule has 33 heavy (non-hydrogen) atoms. The van der Waals surface area contributed by atoms with Gasteiger partial charge in [-0.3, -0.25) is 0 Å². The summed E-state index contributed by atoms with van der Waals surface area (Å²) < 4.78 is 21.5. The van der Waals surface area contributed by atoms with Crippen LogP contribution >= 0.6 is 24.0 Å². The first-order valence-electron chi connectivity index (χ1n) is 11.2. The Balaban J connectivity index is 0.00000306. The third kappa shape index (κ3) is 5.61. The Hall–Kier alpha value is -2.31. The molecule has 5 nitrogen and oxygen atoms in total. The topological polar surface area (TPSA) is 43.2 Å². The highest BCUT2D eigenvalue weighted by Crippen LogP contribution is 2.41. The minimum Gasteiger partial charge on any atom is -0.497 e. The van der Waals surface area contributed by atoms with Crippen molar-refractivity contribution in [3.05, 3.63) is 64.2 Å². The van der Waals surface area contributed by atoms with Crippen molar-refractivity contribution in [3.8, 4) is 11.4 Å². The fourth-order valence-electron chi connectivity index (χ4n) is 4.08. The molecule has 1 fully saturated rings. The molecule has 0 radical (unpaired) electrons. The zero-order valence-electron chi connectivity index (χ0n) is 19.5. The maximum atomic E-state index is 14.5. The van der Waals surface area contributed by atoms with Gasteiger partial charge in [0.2, 0.25) is 5.95 Å². The number of hydrogen-bond acceptors (Lipinski definition) is 4. The van der Waals surface area contributed by atoms with Crippen molar-refractivity contribution in [2.24, 2.45) is 5.92 Å². The second-order valence-corrected chi connectivity index (χ2v) is 8.99. The van der Waals surface area contributed by atoms with Crippen LogP contribution in [0.1, 0.15) is 55.6 Å². The van der Waals surface area contributed by atoms with Crippen LogP contribution < -0.4 is 9.64 Å². The summed E-state index contributed by atoms with van der Waals surface area (Å²) in [5, 5.41) is 5.38. The van der Waals surface area contributed by atoms with E-state index in [1.165, 1.54) is 12.8 Å². The standard InChI is InChI=1S/C25H30ClFN4O.ClH/c1-5-12-30(24(13-18-7-8-18)19-9-6-16(2)22(27)14-19)25-28-17(3)31(29-25)23-11-10-20(32-4)15-21(23)26;/h6,9-11,14-15,18,24H,5,7-8,12-13H2,1-4H3;1H. The minimum atomic E-state index is -0.167. The maximum absolute atomic E-state index is 14.5. The highest BCUT2D eigenvalue weighted by Gasteiger charge is 2.32. The molecule has 1 aromatic heterocycles. The number of aromatic nitrogens is 3. The number of rotatable bonds is 9. The van der Waals surface area contributed by atoms with E-state index < -0.39 is 0 Å². The van der Waals surface area contributed by atoms with Gasteiger partial charge in [0.05, 0.1) is 23.9 Å². The van der Waals surface area contributed by atoms with E-state index in [0.29, 0.717) is 28.2 Å². The number of halogens is 3. The van der Waals surface area contributed by atoms with E-state index in [4.69, 9.17) is 26.4 Å². The van der Waals surface area contributed by atoms with Gasteiger partial charge < -0.3 is 9.64 Å². The number of methoxy groups -OCH3 is 1. The summed E-state index contributed by atoms with van der Waals surface area (Å²) >= 11 is 6.51. The van der Waals surface area contributed by atoms with Crippen LogP contribution in [0, 0.1) is 25.6 Å². The number of nitrogens with zero attached hydrogens (tertiary/aromatic N) is 4. The lowest BCUT2D eigenvalue weighted by Crippen LogP contribution is -2.31. The second-order valence-electron chi connectivity index (χ2n) is 8.59. The SMILES string of the molecule is CCCN(c1nc(C)n(-c2ccc(OC)cc2Cl)n1)C(CC1CC1)c1ccc(C)c(F)c1.Cl. The summed E-state index contributed by atoms with van der Waals surface area (Å²) in [4.78, 5) is 7.02. The Kier molecular flexibility index (Phi) is 8.24. The maximum Gasteiger partial charge on any atom is 0.245 e. The van der Waals surface area contributed by atoms with Gasteiger partial charge in [0.1, 0.15) is 17.4 Å². The van der Waals surface area contributed by atoms with Gasteiger partial charge in [-0.2, -0.15) is 4.98 Å². The molecule has 178 valence electrons. The lowest BCUT2D eigenvalue weighted by atomic mass is 9.98. The van der Waals surface area contributed by atoms with E-state index in [0.717, 1.165) is 36.5 Å².